The van der Waals surface area contributed by atoms with Gasteiger partial charge in [-0.3, -0.25) is 0 Å². The highest BCUT2D eigenvalue weighted by atomic mass is 19.4. The van der Waals surface area contributed by atoms with Gasteiger partial charge < -0.3 is 17.8 Å². The molecule has 10 heavy (non-hydrogen) atoms. The van der Waals surface area contributed by atoms with E-state index in [2.05, 4.69) is 0 Å². The zero-order chi connectivity index (χ0) is 7.78. The number of halogens is 3. The molecular weight excluding hydrogens is 142 g/mol. The van der Waals surface area contributed by atoms with Gasteiger partial charge >= 0.3 is 6.98 Å². The summed E-state index contributed by atoms with van der Waals surface area (Å²) in [5, 5.41) is 0. The van der Waals surface area contributed by atoms with Gasteiger partial charge in [0.15, 0.2) is 0 Å². The largest absolute Gasteiger partial charge is 0.482 e. The molecule has 1 atom stereocenters. The van der Waals surface area contributed by atoms with Crippen LogP contribution < -0.4 is 0 Å². The Morgan fingerprint density at radius 3 is 2.20 bits per heavy atom. The van der Waals surface area contributed by atoms with Gasteiger partial charge in [-0.05, 0) is 20.1 Å². The summed E-state index contributed by atoms with van der Waals surface area (Å²) in [6.07, 6.45) is 0.292. The van der Waals surface area contributed by atoms with E-state index in [0.717, 1.165) is 0 Å². The summed E-state index contributed by atoms with van der Waals surface area (Å²) in [4.78, 5) is 1.72. The van der Waals surface area contributed by atoms with E-state index in [1.165, 1.54) is 0 Å². The number of hydrogen-bond donors (Lipinski definition) is 0. The van der Waals surface area contributed by atoms with Crippen LogP contribution in [0.1, 0.15) is 6.42 Å². The van der Waals surface area contributed by atoms with Gasteiger partial charge in [-0.1, -0.05) is 12.2 Å². The van der Waals surface area contributed by atoms with Crippen LogP contribution in [0.5, 0.6) is 0 Å². The van der Waals surface area contributed by atoms with Crippen LogP contribution in [0.4, 0.5) is 12.9 Å². The smallest absolute Gasteiger partial charge is 0.449 e. The molecule has 0 saturated carbocycles. The van der Waals surface area contributed by atoms with Gasteiger partial charge in [0.25, 0.3) is 0 Å². The first kappa shape index (κ1) is 7.92. The van der Waals surface area contributed by atoms with Crippen LogP contribution in [0.2, 0.25) is 5.82 Å². The Morgan fingerprint density at radius 2 is 2.00 bits per heavy atom. The SMILES string of the molecule is CN1CCC([B-](F)(F)F)C1. The molecular formula is C5H10BF3N-. The van der Waals surface area contributed by atoms with E-state index in [9.17, 15) is 12.9 Å². The van der Waals surface area contributed by atoms with Crippen LogP contribution in [0.25, 0.3) is 0 Å². The van der Waals surface area contributed by atoms with Gasteiger partial charge in [0.05, 0.1) is 0 Å². The summed E-state index contributed by atoms with van der Waals surface area (Å²) < 4.78 is 35.9. The fourth-order valence-corrected chi connectivity index (χ4v) is 1.28. The highest BCUT2D eigenvalue weighted by Crippen LogP contribution is 2.33. The highest BCUT2D eigenvalue weighted by molar-refractivity contribution is 6.60. The minimum atomic E-state index is -4.58. The van der Waals surface area contributed by atoms with E-state index < -0.39 is 12.8 Å². The zero-order valence-corrected chi connectivity index (χ0v) is 5.86. The minimum Gasteiger partial charge on any atom is -0.449 e. The van der Waals surface area contributed by atoms with Crippen molar-refractivity contribution in [1.29, 1.82) is 0 Å². The number of rotatable bonds is 1. The predicted octanol–water partition coefficient (Wildman–Crippen LogP) is 1.54. The first-order valence-corrected chi connectivity index (χ1v) is 3.38. The average molecular weight is 152 g/mol. The molecule has 1 unspecified atom stereocenters. The Balaban J connectivity index is 2.45. The summed E-state index contributed by atoms with van der Waals surface area (Å²) in [6.45, 7) is -3.79. The van der Waals surface area contributed by atoms with Gasteiger partial charge in [-0.2, -0.15) is 0 Å². The Hall–Kier alpha value is -0.185. The molecule has 1 saturated heterocycles. The van der Waals surface area contributed by atoms with Crippen LogP contribution in [0.15, 0.2) is 0 Å². The molecule has 0 aromatic heterocycles. The normalized spacial score (nSPS) is 29.4. The molecule has 0 aromatic carbocycles. The van der Waals surface area contributed by atoms with Crippen molar-refractivity contribution in [1.82, 2.24) is 4.90 Å². The van der Waals surface area contributed by atoms with Crippen molar-refractivity contribution in [2.75, 3.05) is 20.1 Å². The van der Waals surface area contributed by atoms with Crippen molar-refractivity contribution in [2.45, 2.75) is 12.2 Å². The van der Waals surface area contributed by atoms with E-state index >= 15 is 0 Å². The van der Waals surface area contributed by atoms with Crippen molar-refractivity contribution in [2.24, 2.45) is 0 Å². The summed E-state index contributed by atoms with van der Waals surface area (Å²) in [5.74, 6) is -1.02. The Bertz CT molecular complexity index is 125. The van der Waals surface area contributed by atoms with E-state index in [1.54, 1.807) is 11.9 Å². The first-order chi connectivity index (χ1) is 4.50. The maximum absolute atomic E-state index is 12.0. The molecule has 5 heteroatoms. The standard InChI is InChI=1S/C5H10BF3N/c1-10-3-2-5(4-10)6(7,8)9/h5H,2-4H2,1H3/q-1. The van der Waals surface area contributed by atoms with E-state index in [1.807, 2.05) is 0 Å². The lowest BCUT2D eigenvalue weighted by molar-refractivity contribution is 0.394. The van der Waals surface area contributed by atoms with Crippen molar-refractivity contribution in [3.63, 3.8) is 0 Å². The van der Waals surface area contributed by atoms with Crippen molar-refractivity contribution < 1.29 is 12.9 Å². The third-order valence-corrected chi connectivity index (χ3v) is 1.96. The Morgan fingerprint density at radius 1 is 1.40 bits per heavy atom. The lowest BCUT2D eigenvalue weighted by Crippen LogP contribution is -2.26. The molecule has 0 N–H and O–H groups in total. The molecule has 1 rings (SSSR count). The highest BCUT2D eigenvalue weighted by Gasteiger charge is 2.37. The number of nitrogens with zero attached hydrogens (tertiary/aromatic N) is 1. The zero-order valence-electron chi connectivity index (χ0n) is 5.86. The first-order valence-electron chi connectivity index (χ1n) is 3.38. The van der Waals surface area contributed by atoms with Crippen molar-refractivity contribution >= 4 is 6.98 Å². The maximum Gasteiger partial charge on any atom is 0.482 e. The summed E-state index contributed by atoms with van der Waals surface area (Å²) >= 11 is 0. The predicted molar refractivity (Wildman–Crippen MR) is 34.9 cm³/mol. The maximum atomic E-state index is 12.0. The van der Waals surface area contributed by atoms with Gasteiger partial charge in [0, 0.05) is 0 Å². The third kappa shape index (κ3) is 1.65. The molecule has 1 aliphatic rings. The molecule has 1 aliphatic heterocycles. The summed E-state index contributed by atoms with van der Waals surface area (Å²) in [5.41, 5.74) is 0. The topological polar surface area (TPSA) is 3.24 Å². The second kappa shape index (κ2) is 2.45. The fraction of sp³-hybridized carbons (Fsp3) is 1.00. The van der Waals surface area contributed by atoms with Crippen LogP contribution in [0, 0.1) is 0 Å². The second-order valence-corrected chi connectivity index (χ2v) is 2.94. The molecule has 0 radical (unpaired) electrons. The quantitative estimate of drug-likeness (QED) is 0.515. The molecule has 1 nitrogen and oxygen atoms in total. The van der Waals surface area contributed by atoms with Crippen LogP contribution >= 0.6 is 0 Å². The minimum absolute atomic E-state index is 0.198. The van der Waals surface area contributed by atoms with Crippen molar-refractivity contribution in [3.05, 3.63) is 0 Å². The average Bonchev–Trinajstić information content (AvgIpc) is 2.11. The molecule has 0 aliphatic carbocycles. The van der Waals surface area contributed by atoms with Crippen LogP contribution in [-0.2, 0) is 0 Å². The Kier molecular flexibility index (Phi) is 1.94. The summed E-state index contributed by atoms with van der Waals surface area (Å²) in [7, 11) is 1.72. The van der Waals surface area contributed by atoms with Gasteiger partial charge in [-0.15, -0.1) is 0 Å². The van der Waals surface area contributed by atoms with Crippen LogP contribution in [-0.4, -0.2) is 32.0 Å². The number of hydrogen-bond acceptors (Lipinski definition) is 1. The molecule has 60 valence electrons. The molecule has 0 amide bonds. The van der Waals surface area contributed by atoms with Gasteiger partial charge in [0.2, 0.25) is 0 Å². The summed E-state index contributed by atoms with van der Waals surface area (Å²) in [6, 6.07) is 0. The number of likely N-dealkylation sites (tertiary alicyclic amines) is 1. The van der Waals surface area contributed by atoms with Crippen LogP contribution in [0.3, 0.4) is 0 Å². The molecule has 0 aromatic rings. The van der Waals surface area contributed by atoms with E-state index in [4.69, 9.17) is 0 Å². The molecule has 1 fully saturated rings. The lowest BCUT2D eigenvalue weighted by atomic mass is 9.72. The monoisotopic (exact) mass is 152 g/mol. The van der Waals surface area contributed by atoms with E-state index in [-0.39, 0.29) is 6.54 Å². The molecule has 0 bridgehead atoms. The van der Waals surface area contributed by atoms with E-state index in [0.29, 0.717) is 13.0 Å². The lowest BCUT2D eigenvalue weighted by Gasteiger charge is -2.21. The molecule has 0 spiro atoms. The second-order valence-electron chi connectivity index (χ2n) is 2.94. The Labute approximate surface area is 58.3 Å². The fourth-order valence-electron chi connectivity index (χ4n) is 1.28. The van der Waals surface area contributed by atoms with Crippen molar-refractivity contribution in [3.8, 4) is 0 Å². The van der Waals surface area contributed by atoms with Gasteiger partial charge in [-0.25, -0.2) is 0 Å². The molecule has 1 heterocycles. The van der Waals surface area contributed by atoms with Gasteiger partial charge in [0.1, 0.15) is 0 Å². The third-order valence-electron chi connectivity index (χ3n) is 1.96.